The molecule has 0 saturated heterocycles. The van der Waals surface area contributed by atoms with Crippen LogP contribution in [-0.2, 0) is 4.57 Å². The van der Waals surface area contributed by atoms with Crippen LogP contribution < -0.4 is 10.0 Å². The first-order chi connectivity index (χ1) is 11.4. The third-order valence-electron chi connectivity index (χ3n) is 3.93. The molecule has 2 aromatic rings. The number of rotatable bonds is 7. The fourth-order valence-corrected chi connectivity index (χ4v) is 5.66. The molecule has 0 aliphatic heterocycles. The van der Waals surface area contributed by atoms with Crippen molar-refractivity contribution in [1.82, 2.24) is 0 Å². The highest BCUT2D eigenvalue weighted by atomic mass is 35.5. The van der Waals surface area contributed by atoms with E-state index in [0.717, 1.165) is 0 Å². The number of hydrogen-bond donors (Lipinski definition) is 0. The number of methoxy groups -OCH3 is 1. The van der Waals surface area contributed by atoms with Gasteiger partial charge >= 0.3 is 0 Å². The van der Waals surface area contributed by atoms with Gasteiger partial charge in [0.15, 0.2) is 7.14 Å². The molecular formula is C19H22ClO3P. The van der Waals surface area contributed by atoms with Gasteiger partial charge in [0.05, 0.1) is 17.7 Å². The SMILES string of the molecule is COc1cccc(Cl)c1C(=O)P(=O)(CCC(C)C)c1ccccc1. The van der Waals surface area contributed by atoms with Crippen molar-refractivity contribution >= 4 is 29.6 Å². The average Bonchev–Trinajstić information content (AvgIpc) is 2.59. The molecule has 0 spiro atoms. The van der Waals surface area contributed by atoms with Gasteiger partial charge in [0, 0.05) is 11.5 Å². The molecule has 0 heterocycles. The predicted molar refractivity (Wildman–Crippen MR) is 100 cm³/mol. The van der Waals surface area contributed by atoms with Crippen LogP contribution in [0.5, 0.6) is 5.75 Å². The van der Waals surface area contributed by atoms with Crippen molar-refractivity contribution in [1.29, 1.82) is 0 Å². The molecule has 0 aliphatic rings. The fourth-order valence-electron chi connectivity index (χ4n) is 2.52. The molecule has 2 aromatic carbocycles. The van der Waals surface area contributed by atoms with E-state index in [9.17, 15) is 9.36 Å². The number of benzene rings is 2. The molecule has 128 valence electrons. The minimum atomic E-state index is -3.31. The molecule has 2 rings (SSSR count). The minimum absolute atomic E-state index is 0.206. The van der Waals surface area contributed by atoms with Gasteiger partial charge in [-0.1, -0.05) is 61.8 Å². The van der Waals surface area contributed by atoms with E-state index in [1.807, 2.05) is 6.07 Å². The van der Waals surface area contributed by atoms with Gasteiger partial charge in [0.2, 0.25) is 5.52 Å². The number of carbonyl (C=O) groups excluding carboxylic acids is 1. The van der Waals surface area contributed by atoms with Crippen LogP contribution in [0.3, 0.4) is 0 Å². The fraction of sp³-hybridized carbons (Fsp3) is 0.316. The van der Waals surface area contributed by atoms with Crippen LogP contribution in [-0.4, -0.2) is 18.8 Å². The number of ether oxygens (including phenoxy) is 1. The molecule has 0 fully saturated rings. The molecule has 0 aromatic heterocycles. The Morgan fingerprint density at radius 2 is 1.79 bits per heavy atom. The van der Waals surface area contributed by atoms with E-state index in [1.54, 1.807) is 42.5 Å². The number of halogens is 1. The van der Waals surface area contributed by atoms with Gasteiger partial charge in [-0.2, -0.15) is 0 Å². The van der Waals surface area contributed by atoms with Crippen molar-refractivity contribution in [3.63, 3.8) is 0 Å². The topological polar surface area (TPSA) is 43.4 Å². The summed E-state index contributed by atoms with van der Waals surface area (Å²) < 4.78 is 19.1. The lowest BCUT2D eigenvalue weighted by atomic mass is 10.2. The molecule has 1 atom stereocenters. The first-order valence-electron chi connectivity index (χ1n) is 7.92. The highest BCUT2D eigenvalue weighted by Gasteiger charge is 2.37. The molecule has 0 N–H and O–H groups in total. The summed E-state index contributed by atoms with van der Waals surface area (Å²) in [4.78, 5) is 13.3. The lowest BCUT2D eigenvalue weighted by molar-refractivity contribution is 0.107. The standard InChI is InChI=1S/C19H22ClO3P/c1-14(2)12-13-24(22,15-8-5-4-6-9-15)19(21)18-16(20)10-7-11-17(18)23-3/h4-11,14H,12-13H2,1-3H3. The second kappa shape index (κ2) is 8.00. The van der Waals surface area contributed by atoms with Crippen molar-refractivity contribution < 1.29 is 14.1 Å². The third kappa shape index (κ3) is 3.91. The van der Waals surface area contributed by atoms with E-state index in [1.165, 1.54) is 7.11 Å². The lowest BCUT2D eigenvalue weighted by Crippen LogP contribution is -2.18. The summed E-state index contributed by atoms with van der Waals surface area (Å²) in [6, 6.07) is 13.9. The van der Waals surface area contributed by atoms with Crippen molar-refractivity contribution in [3.8, 4) is 5.75 Å². The monoisotopic (exact) mass is 364 g/mol. The Kier molecular flexibility index (Phi) is 6.26. The molecule has 1 unspecified atom stereocenters. The normalized spacial score (nSPS) is 13.5. The largest absolute Gasteiger partial charge is 0.496 e. The van der Waals surface area contributed by atoms with E-state index in [0.29, 0.717) is 29.6 Å². The molecule has 3 nitrogen and oxygen atoms in total. The smallest absolute Gasteiger partial charge is 0.230 e. The van der Waals surface area contributed by atoms with Crippen LogP contribution in [0.25, 0.3) is 0 Å². The minimum Gasteiger partial charge on any atom is -0.496 e. The van der Waals surface area contributed by atoms with E-state index < -0.39 is 12.7 Å². The highest BCUT2D eigenvalue weighted by Crippen LogP contribution is 2.51. The Balaban J connectivity index is 2.56. The van der Waals surface area contributed by atoms with E-state index >= 15 is 0 Å². The first kappa shape index (κ1) is 18.8. The number of hydrogen-bond acceptors (Lipinski definition) is 3. The summed E-state index contributed by atoms with van der Waals surface area (Å²) in [6.45, 7) is 4.10. The van der Waals surface area contributed by atoms with Gasteiger partial charge in [-0.05, 0) is 24.5 Å². The maximum absolute atomic E-state index is 13.8. The van der Waals surface area contributed by atoms with Crippen molar-refractivity contribution in [2.75, 3.05) is 13.3 Å². The zero-order chi connectivity index (χ0) is 17.7. The van der Waals surface area contributed by atoms with Crippen LogP contribution in [0.4, 0.5) is 0 Å². The molecule has 0 saturated carbocycles. The Bertz CT molecular complexity index is 756. The zero-order valence-electron chi connectivity index (χ0n) is 14.2. The summed E-state index contributed by atoms with van der Waals surface area (Å²) >= 11 is 6.24. The van der Waals surface area contributed by atoms with E-state index in [2.05, 4.69) is 13.8 Å². The summed E-state index contributed by atoms with van der Waals surface area (Å²) in [6.07, 6.45) is 1.02. The summed E-state index contributed by atoms with van der Waals surface area (Å²) in [5.74, 6) is 0.705. The second-order valence-electron chi connectivity index (χ2n) is 6.10. The van der Waals surface area contributed by atoms with E-state index in [-0.39, 0.29) is 10.6 Å². The van der Waals surface area contributed by atoms with Crippen LogP contribution in [0, 0.1) is 5.92 Å². The maximum atomic E-state index is 13.8. The zero-order valence-corrected chi connectivity index (χ0v) is 15.8. The molecular weight excluding hydrogens is 343 g/mol. The summed E-state index contributed by atoms with van der Waals surface area (Å²) in [5, 5.41) is 0.831. The molecule has 0 radical (unpaired) electrons. The van der Waals surface area contributed by atoms with Gasteiger partial charge in [-0.25, -0.2) is 0 Å². The summed E-state index contributed by atoms with van der Waals surface area (Å²) in [7, 11) is -1.83. The van der Waals surface area contributed by atoms with Gasteiger partial charge in [-0.3, -0.25) is 4.79 Å². The Labute approximate surface area is 148 Å². The first-order valence-corrected chi connectivity index (χ1v) is 10.2. The highest BCUT2D eigenvalue weighted by molar-refractivity contribution is 7.87. The molecule has 5 heteroatoms. The number of carbonyl (C=O) groups is 1. The van der Waals surface area contributed by atoms with Crippen LogP contribution >= 0.6 is 18.7 Å². The Morgan fingerprint density at radius 1 is 1.12 bits per heavy atom. The van der Waals surface area contributed by atoms with Gasteiger partial charge < -0.3 is 9.30 Å². The van der Waals surface area contributed by atoms with Crippen molar-refractivity contribution in [3.05, 3.63) is 59.1 Å². The Hall–Kier alpha value is -1.57. The second-order valence-corrected chi connectivity index (χ2v) is 9.36. The molecule has 0 amide bonds. The van der Waals surface area contributed by atoms with E-state index in [4.69, 9.17) is 16.3 Å². The van der Waals surface area contributed by atoms with Crippen molar-refractivity contribution in [2.24, 2.45) is 5.92 Å². The van der Waals surface area contributed by atoms with Gasteiger partial charge in [0.25, 0.3) is 0 Å². The maximum Gasteiger partial charge on any atom is 0.230 e. The lowest BCUT2D eigenvalue weighted by Gasteiger charge is -2.20. The summed E-state index contributed by atoms with van der Waals surface area (Å²) in [5.41, 5.74) is -0.227. The molecule has 24 heavy (non-hydrogen) atoms. The van der Waals surface area contributed by atoms with Crippen LogP contribution in [0.1, 0.15) is 30.6 Å². The predicted octanol–water partition coefficient (Wildman–Crippen LogP) is 5.22. The van der Waals surface area contributed by atoms with Crippen LogP contribution in [0.2, 0.25) is 5.02 Å². The molecule has 0 aliphatic carbocycles. The Morgan fingerprint density at radius 3 is 2.38 bits per heavy atom. The quantitative estimate of drug-likeness (QED) is 0.632. The average molecular weight is 365 g/mol. The van der Waals surface area contributed by atoms with Crippen molar-refractivity contribution in [2.45, 2.75) is 20.3 Å². The third-order valence-corrected chi connectivity index (χ3v) is 7.15. The van der Waals surface area contributed by atoms with Gasteiger partial charge in [-0.15, -0.1) is 0 Å². The molecule has 0 bridgehead atoms. The van der Waals surface area contributed by atoms with Gasteiger partial charge in [0.1, 0.15) is 5.75 Å². The van der Waals surface area contributed by atoms with Crippen LogP contribution in [0.15, 0.2) is 48.5 Å².